The van der Waals surface area contributed by atoms with Gasteiger partial charge < -0.3 is 4.52 Å². The number of rotatable bonds is 1. The van der Waals surface area contributed by atoms with Gasteiger partial charge in [-0.1, -0.05) is 0 Å². The minimum absolute atomic E-state index is 0.118. The summed E-state index contributed by atoms with van der Waals surface area (Å²) >= 11 is 0. The molecule has 12 heavy (non-hydrogen) atoms. The zero-order valence-electron chi connectivity index (χ0n) is 7.49. The minimum Gasteiger partial charge on any atom is -0.317 e. The SMILES string of the molecule is C#CC1CCOP(=O)(N(C)C)C1. The second-order valence-electron chi connectivity index (χ2n) is 3.15. The molecule has 3 nitrogen and oxygen atoms in total. The molecule has 0 aromatic rings. The van der Waals surface area contributed by atoms with Crippen LogP contribution >= 0.6 is 7.52 Å². The van der Waals surface area contributed by atoms with E-state index in [0.717, 1.165) is 6.42 Å². The Hall–Kier alpha value is -0.290. The molecular formula is C8H14NO2P. The average molecular weight is 187 g/mol. The van der Waals surface area contributed by atoms with E-state index >= 15 is 0 Å². The van der Waals surface area contributed by atoms with Crippen molar-refractivity contribution >= 4 is 7.52 Å². The molecule has 4 heteroatoms. The molecule has 0 aromatic carbocycles. The fourth-order valence-electron chi connectivity index (χ4n) is 1.17. The molecule has 1 saturated heterocycles. The summed E-state index contributed by atoms with van der Waals surface area (Å²) in [6, 6.07) is 0. The Balaban J connectivity index is 2.69. The fourth-order valence-corrected chi connectivity index (χ4v) is 3.07. The lowest BCUT2D eigenvalue weighted by molar-refractivity contribution is 0.242. The Morgan fingerprint density at radius 3 is 2.83 bits per heavy atom. The van der Waals surface area contributed by atoms with E-state index in [2.05, 4.69) is 5.92 Å². The molecular weight excluding hydrogens is 173 g/mol. The maximum absolute atomic E-state index is 11.9. The Kier molecular flexibility index (Phi) is 2.95. The predicted octanol–water partition coefficient (Wildman–Crippen LogP) is 1.41. The minimum atomic E-state index is -2.57. The van der Waals surface area contributed by atoms with E-state index in [1.165, 1.54) is 0 Å². The summed E-state index contributed by atoms with van der Waals surface area (Å²) in [4.78, 5) is 0. The van der Waals surface area contributed by atoms with Crippen LogP contribution in [0.5, 0.6) is 0 Å². The van der Waals surface area contributed by atoms with Gasteiger partial charge in [-0.15, -0.1) is 12.3 Å². The first-order valence-electron chi connectivity index (χ1n) is 3.96. The molecule has 0 bridgehead atoms. The van der Waals surface area contributed by atoms with Gasteiger partial charge in [-0.25, -0.2) is 4.67 Å². The highest BCUT2D eigenvalue weighted by molar-refractivity contribution is 7.56. The Morgan fingerprint density at radius 1 is 1.67 bits per heavy atom. The molecule has 1 aliphatic rings. The van der Waals surface area contributed by atoms with E-state index in [4.69, 9.17) is 10.9 Å². The van der Waals surface area contributed by atoms with Crippen LogP contribution in [0, 0.1) is 18.3 Å². The molecule has 2 atom stereocenters. The van der Waals surface area contributed by atoms with Crippen LogP contribution in [0.1, 0.15) is 6.42 Å². The standard InChI is InChI=1S/C8H14NO2P/c1-4-8-5-6-11-12(10,7-8)9(2)3/h1,8H,5-7H2,2-3H3. The van der Waals surface area contributed by atoms with Crippen LogP contribution in [0.3, 0.4) is 0 Å². The van der Waals surface area contributed by atoms with Crippen molar-refractivity contribution in [3.63, 3.8) is 0 Å². The van der Waals surface area contributed by atoms with Crippen molar-refractivity contribution < 1.29 is 9.09 Å². The van der Waals surface area contributed by atoms with Gasteiger partial charge in [-0.2, -0.15) is 0 Å². The van der Waals surface area contributed by atoms with Gasteiger partial charge in [0.2, 0.25) is 0 Å². The molecule has 0 aliphatic carbocycles. The number of hydrogen-bond donors (Lipinski definition) is 0. The van der Waals surface area contributed by atoms with Crippen molar-refractivity contribution in [3.8, 4) is 12.3 Å². The highest BCUT2D eigenvalue weighted by Gasteiger charge is 2.33. The summed E-state index contributed by atoms with van der Waals surface area (Å²) in [5.74, 6) is 2.75. The van der Waals surface area contributed by atoms with Crippen molar-refractivity contribution in [2.24, 2.45) is 5.92 Å². The van der Waals surface area contributed by atoms with Crippen molar-refractivity contribution in [2.75, 3.05) is 26.9 Å². The summed E-state index contributed by atoms with van der Waals surface area (Å²) < 4.78 is 18.8. The molecule has 0 aromatic heterocycles. The van der Waals surface area contributed by atoms with Crippen LogP contribution in [-0.4, -0.2) is 31.5 Å². The topological polar surface area (TPSA) is 29.5 Å². The zero-order chi connectivity index (χ0) is 9.19. The molecule has 1 rings (SSSR count). The normalized spacial score (nSPS) is 36.3. The first-order chi connectivity index (χ1) is 5.58. The Morgan fingerprint density at radius 2 is 2.33 bits per heavy atom. The third-order valence-electron chi connectivity index (χ3n) is 2.06. The monoisotopic (exact) mass is 187 g/mol. The summed E-state index contributed by atoms with van der Waals surface area (Å²) in [5, 5.41) is 0. The van der Waals surface area contributed by atoms with Crippen LogP contribution in [0.25, 0.3) is 0 Å². The summed E-state index contributed by atoms with van der Waals surface area (Å²) in [5.41, 5.74) is 0. The van der Waals surface area contributed by atoms with Gasteiger partial charge in [0, 0.05) is 5.92 Å². The number of terminal acetylenes is 1. The fraction of sp³-hybridized carbons (Fsp3) is 0.750. The van der Waals surface area contributed by atoms with Gasteiger partial charge in [0.15, 0.2) is 0 Å². The van der Waals surface area contributed by atoms with Gasteiger partial charge in [0.05, 0.1) is 12.8 Å². The highest BCUT2D eigenvalue weighted by atomic mass is 31.2. The second-order valence-corrected chi connectivity index (χ2v) is 5.85. The molecule has 0 spiro atoms. The summed E-state index contributed by atoms with van der Waals surface area (Å²) in [6.07, 6.45) is 6.60. The molecule has 2 unspecified atom stereocenters. The quantitative estimate of drug-likeness (QED) is 0.459. The van der Waals surface area contributed by atoms with Crippen LogP contribution < -0.4 is 0 Å². The maximum Gasteiger partial charge on any atom is 0.273 e. The Labute approximate surface area is 73.6 Å². The largest absolute Gasteiger partial charge is 0.317 e. The Bertz CT molecular complexity index is 244. The lowest BCUT2D eigenvalue weighted by atomic mass is 10.1. The molecule has 0 N–H and O–H groups in total. The smallest absolute Gasteiger partial charge is 0.273 e. The first-order valence-corrected chi connectivity index (χ1v) is 5.72. The number of nitrogens with zero attached hydrogens (tertiary/aromatic N) is 1. The molecule has 1 fully saturated rings. The summed E-state index contributed by atoms with van der Waals surface area (Å²) in [7, 11) is 0.960. The molecule has 0 radical (unpaired) electrons. The van der Waals surface area contributed by atoms with E-state index in [-0.39, 0.29) is 5.92 Å². The second kappa shape index (κ2) is 3.62. The predicted molar refractivity (Wildman–Crippen MR) is 49.1 cm³/mol. The first kappa shape index (κ1) is 9.80. The maximum atomic E-state index is 11.9. The van der Waals surface area contributed by atoms with Crippen LogP contribution in [-0.2, 0) is 9.09 Å². The van der Waals surface area contributed by atoms with E-state index in [9.17, 15) is 4.57 Å². The highest BCUT2D eigenvalue weighted by Crippen LogP contribution is 2.53. The van der Waals surface area contributed by atoms with E-state index in [0.29, 0.717) is 12.8 Å². The molecule has 1 heterocycles. The van der Waals surface area contributed by atoms with Crippen LogP contribution in [0.4, 0.5) is 0 Å². The third-order valence-corrected chi connectivity index (χ3v) is 4.76. The zero-order valence-corrected chi connectivity index (χ0v) is 8.38. The van der Waals surface area contributed by atoms with Gasteiger partial charge in [-0.3, -0.25) is 4.57 Å². The van der Waals surface area contributed by atoms with Gasteiger partial charge in [0.25, 0.3) is 7.52 Å². The molecule has 0 amide bonds. The van der Waals surface area contributed by atoms with E-state index < -0.39 is 7.52 Å². The van der Waals surface area contributed by atoms with E-state index in [1.54, 1.807) is 18.8 Å². The summed E-state index contributed by atoms with van der Waals surface area (Å²) in [6.45, 7) is 0.518. The van der Waals surface area contributed by atoms with Gasteiger partial charge in [-0.05, 0) is 20.5 Å². The lowest BCUT2D eigenvalue weighted by Gasteiger charge is -2.30. The lowest BCUT2D eigenvalue weighted by Crippen LogP contribution is -2.23. The van der Waals surface area contributed by atoms with Crippen molar-refractivity contribution in [2.45, 2.75) is 6.42 Å². The third kappa shape index (κ3) is 1.90. The van der Waals surface area contributed by atoms with Crippen LogP contribution in [0.15, 0.2) is 0 Å². The van der Waals surface area contributed by atoms with Crippen molar-refractivity contribution in [1.29, 1.82) is 0 Å². The molecule has 0 saturated carbocycles. The van der Waals surface area contributed by atoms with Crippen molar-refractivity contribution in [3.05, 3.63) is 0 Å². The van der Waals surface area contributed by atoms with Crippen molar-refractivity contribution in [1.82, 2.24) is 4.67 Å². The molecule has 68 valence electrons. The van der Waals surface area contributed by atoms with Gasteiger partial charge >= 0.3 is 0 Å². The number of hydrogen-bond acceptors (Lipinski definition) is 2. The van der Waals surface area contributed by atoms with Crippen LogP contribution in [0.2, 0.25) is 0 Å². The van der Waals surface area contributed by atoms with E-state index in [1.807, 2.05) is 0 Å². The van der Waals surface area contributed by atoms with Gasteiger partial charge in [0.1, 0.15) is 0 Å². The average Bonchev–Trinajstić information content (AvgIpc) is 2.04. The molecule has 1 aliphatic heterocycles.